The third kappa shape index (κ3) is 5.64. The molecule has 3 N–H and O–H groups in total. The predicted molar refractivity (Wildman–Crippen MR) is 79.5 cm³/mol. The summed E-state index contributed by atoms with van der Waals surface area (Å²) >= 11 is 0. The Morgan fingerprint density at radius 2 is 1.67 bits per heavy atom. The van der Waals surface area contributed by atoms with Crippen LogP contribution in [0.3, 0.4) is 0 Å². The van der Waals surface area contributed by atoms with Crippen molar-refractivity contribution in [3.05, 3.63) is 35.4 Å². The maximum Gasteiger partial charge on any atom is 0.251 e. The van der Waals surface area contributed by atoms with E-state index in [-0.39, 0.29) is 30.2 Å². The lowest BCUT2D eigenvalue weighted by Gasteiger charge is -2.08. The fourth-order valence-corrected chi connectivity index (χ4v) is 1.52. The van der Waals surface area contributed by atoms with Crippen LogP contribution in [0.15, 0.2) is 24.3 Å². The van der Waals surface area contributed by atoms with Crippen molar-refractivity contribution in [3.8, 4) is 0 Å². The molecule has 0 bridgehead atoms. The Balaban J connectivity index is 2.51. The highest BCUT2D eigenvalue weighted by atomic mass is 16.2. The van der Waals surface area contributed by atoms with Crippen molar-refractivity contribution in [2.75, 3.05) is 13.6 Å². The average molecular weight is 291 g/mol. The summed E-state index contributed by atoms with van der Waals surface area (Å²) < 4.78 is 0. The number of rotatable bonds is 6. The molecule has 0 aliphatic heterocycles. The van der Waals surface area contributed by atoms with Gasteiger partial charge in [-0.25, -0.2) is 0 Å². The minimum absolute atomic E-state index is 0.0117. The summed E-state index contributed by atoms with van der Waals surface area (Å²) in [5.74, 6) is -0.630. The molecule has 114 valence electrons. The zero-order valence-electron chi connectivity index (χ0n) is 12.5. The van der Waals surface area contributed by atoms with Crippen LogP contribution in [0.4, 0.5) is 0 Å². The largest absolute Gasteiger partial charge is 0.358 e. The van der Waals surface area contributed by atoms with Crippen LogP contribution in [0, 0.1) is 5.92 Å². The maximum atomic E-state index is 11.8. The molecular formula is C15H21N3O3. The lowest BCUT2D eigenvalue weighted by molar-refractivity contribution is -0.124. The van der Waals surface area contributed by atoms with Crippen molar-refractivity contribution in [2.24, 2.45) is 5.92 Å². The highest BCUT2D eigenvalue weighted by molar-refractivity contribution is 5.96. The van der Waals surface area contributed by atoms with E-state index in [2.05, 4.69) is 16.0 Å². The summed E-state index contributed by atoms with van der Waals surface area (Å²) in [6, 6.07) is 6.87. The molecular weight excluding hydrogens is 270 g/mol. The van der Waals surface area contributed by atoms with Gasteiger partial charge >= 0.3 is 0 Å². The van der Waals surface area contributed by atoms with Gasteiger partial charge in [-0.2, -0.15) is 0 Å². The standard InChI is InChI=1S/C15H21N3O3/c1-10(2)14(20)17-8-11-4-6-12(7-5-11)15(21)18-9-13(19)16-3/h4-7,10H,8-9H2,1-3H3,(H,16,19)(H,17,20)(H,18,21). The van der Waals surface area contributed by atoms with Crippen molar-refractivity contribution in [2.45, 2.75) is 20.4 Å². The molecule has 0 heterocycles. The second-order valence-corrected chi connectivity index (χ2v) is 4.93. The molecule has 6 nitrogen and oxygen atoms in total. The second-order valence-electron chi connectivity index (χ2n) is 4.93. The number of nitrogens with one attached hydrogen (secondary N) is 3. The van der Waals surface area contributed by atoms with Gasteiger partial charge in [-0.1, -0.05) is 26.0 Å². The molecule has 1 aromatic carbocycles. The van der Waals surface area contributed by atoms with Gasteiger partial charge in [0.15, 0.2) is 0 Å². The number of carbonyl (C=O) groups excluding carboxylic acids is 3. The highest BCUT2D eigenvalue weighted by Crippen LogP contribution is 2.05. The maximum absolute atomic E-state index is 11.8. The second kappa shape index (κ2) is 8.04. The zero-order chi connectivity index (χ0) is 15.8. The predicted octanol–water partition coefficient (Wildman–Crippen LogP) is 0.435. The Bertz CT molecular complexity index is 509. The van der Waals surface area contributed by atoms with E-state index in [1.165, 1.54) is 7.05 Å². The SMILES string of the molecule is CNC(=O)CNC(=O)c1ccc(CNC(=O)C(C)C)cc1. The molecule has 0 aliphatic rings. The van der Waals surface area contributed by atoms with Crippen LogP contribution >= 0.6 is 0 Å². The molecule has 1 rings (SSSR count). The van der Waals surface area contributed by atoms with Gasteiger partial charge in [-0.15, -0.1) is 0 Å². The van der Waals surface area contributed by atoms with Gasteiger partial charge < -0.3 is 16.0 Å². The number of likely N-dealkylation sites (N-methyl/N-ethyl adjacent to an activating group) is 1. The van der Waals surface area contributed by atoms with Gasteiger partial charge in [0.25, 0.3) is 5.91 Å². The van der Waals surface area contributed by atoms with Crippen LogP contribution in [0.25, 0.3) is 0 Å². The van der Waals surface area contributed by atoms with E-state index in [0.29, 0.717) is 12.1 Å². The third-order valence-corrected chi connectivity index (χ3v) is 2.90. The molecule has 0 unspecified atom stereocenters. The topological polar surface area (TPSA) is 87.3 Å². The Hall–Kier alpha value is -2.37. The van der Waals surface area contributed by atoms with Crippen molar-refractivity contribution in [3.63, 3.8) is 0 Å². The van der Waals surface area contributed by atoms with Gasteiger partial charge in [-0.3, -0.25) is 14.4 Å². The van der Waals surface area contributed by atoms with Crippen LogP contribution in [-0.4, -0.2) is 31.3 Å². The Labute approximate surface area is 124 Å². The molecule has 3 amide bonds. The van der Waals surface area contributed by atoms with E-state index in [1.807, 2.05) is 13.8 Å². The average Bonchev–Trinajstić information content (AvgIpc) is 2.50. The van der Waals surface area contributed by atoms with E-state index in [9.17, 15) is 14.4 Å². The van der Waals surface area contributed by atoms with Crippen LogP contribution in [0.2, 0.25) is 0 Å². The Morgan fingerprint density at radius 3 is 2.19 bits per heavy atom. The number of hydrogen-bond donors (Lipinski definition) is 3. The van der Waals surface area contributed by atoms with Crippen LogP contribution in [0.1, 0.15) is 29.8 Å². The van der Waals surface area contributed by atoms with Crippen molar-refractivity contribution in [1.29, 1.82) is 0 Å². The molecule has 0 atom stereocenters. The Kier molecular flexibility index (Phi) is 6.39. The molecule has 0 saturated heterocycles. The van der Waals surface area contributed by atoms with Crippen molar-refractivity contribution in [1.82, 2.24) is 16.0 Å². The van der Waals surface area contributed by atoms with Crippen LogP contribution in [-0.2, 0) is 16.1 Å². The quantitative estimate of drug-likeness (QED) is 0.710. The van der Waals surface area contributed by atoms with Crippen LogP contribution in [0.5, 0.6) is 0 Å². The van der Waals surface area contributed by atoms with Gasteiger partial charge in [0.1, 0.15) is 0 Å². The fourth-order valence-electron chi connectivity index (χ4n) is 1.52. The molecule has 0 saturated carbocycles. The van der Waals surface area contributed by atoms with Gasteiger partial charge in [0.05, 0.1) is 6.54 Å². The number of carbonyl (C=O) groups is 3. The van der Waals surface area contributed by atoms with E-state index >= 15 is 0 Å². The minimum atomic E-state index is -0.309. The number of amides is 3. The lowest BCUT2D eigenvalue weighted by atomic mass is 10.1. The van der Waals surface area contributed by atoms with Gasteiger partial charge in [0.2, 0.25) is 11.8 Å². The normalized spacial score (nSPS) is 10.1. The molecule has 0 aliphatic carbocycles. The van der Waals surface area contributed by atoms with Gasteiger partial charge in [-0.05, 0) is 17.7 Å². The van der Waals surface area contributed by atoms with Gasteiger partial charge in [0, 0.05) is 25.1 Å². The fraction of sp³-hybridized carbons (Fsp3) is 0.400. The van der Waals surface area contributed by atoms with E-state index < -0.39 is 0 Å². The highest BCUT2D eigenvalue weighted by Gasteiger charge is 2.08. The van der Waals surface area contributed by atoms with E-state index in [4.69, 9.17) is 0 Å². The minimum Gasteiger partial charge on any atom is -0.358 e. The van der Waals surface area contributed by atoms with Crippen molar-refractivity contribution < 1.29 is 14.4 Å². The molecule has 0 radical (unpaired) electrons. The third-order valence-electron chi connectivity index (χ3n) is 2.90. The molecule has 6 heteroatoms. The van der Waals surface area contributed by atoms with E-state index in [0.717, 1.165) is 5.56 Å². The summed E-state index contributed by atoms with van der Waals surface area (Å²) in [4.78, 5) is 34.3. The summed E-state index contributed by atoms with van der Waals surface area (Å²) in [7, 11) is 1.51. The molecule has 0 spiro atoms. The number of benzene rings is 1. The lowest BCUT2D eigenvalue weighted by Crippen LogP contribution is -2.35. The summed E-state index contributed by atoms with van der Waals surface area (Å²) in [6.45, 7) is 4.03. The van der Waals surface area contributed by atoms with Crippen molar-refractivity contribution >= 4 is 17.7 Å². The molecule has 1 aromatic rings. The summed E-state index contributed by atoms with van der Waals surface area (Å²) in [5, 5.41) is 7.74. The molecule has 21 heavy (non-hydrogen) atoms. The number of hydrogen-bond acceptors (Lipinski definition) is 3. The monoisotopic (exact) mass is 291 g/mol. The van der Waals surface area contributed by atoms with E-state index in [1.54, 1.807) is 24.3 Å². The van der Waals surface area contributed by atoms with Crippen LogP contribution < -0.4 is 16.0 Å². The zero-order valence-corrected chi connectivity index (χ0v) is 12.5. The smallest absolute Gasteiger partial charge is 0.251 e. The first-order valence-corrected chi connectivity index (χ1v) is 6.79. The first kappa shape index (κ1) is 16.7. The summed E-state index contributed by atoms with van der Waals surface area (Å²) in [5.41, 5.74) is 1.38. The first-order valence-electron chi connectivity index (χ1n) is 6.79. The molecule has 0 fully saturated rings. The summed E-state index contributed by atoms with van der Waals surface area (Å²) in [6.07, 6.45) is 0. The molecule has 0 aromatic heterocycles. The first-order chi connectivity index (χ1) is 9.93. The Morgan fingerprint density at radius 1 is 1.05 bits per heavy atom.